The zero-order valence-electron chi connectivity index (χ0n) is 13.1. The van der Waals surface area contributed by atoms with E-state index < -0.39 is 12.5 Å². The molecule has 0 saturated carbocycles. The molecule has 0 saturated heterocycles. The van der Waals surface area contributed by atoms with Crippen LogP contribution < -0.4 is 10.2 Å². The summed E-state index contributed by atoms with van der Waals surface area (Å²) in [5, 5.41) is 13.0. The second kappa shape index (κ2) is 7.54. The molecule has 0 unspecified atom stereocenters. The van der Waals surface area contributed by atoms with Gasteiger partial charge in [0, 0.05) is 5.56 Å². The van der Waals surface area contributed by atoms with Crippen LogP contribution in [0.2, 0.25) is 0 Å². The lowest BCUT2D eigenvalue weighted by Crippen LogP contribution is -2.17. The lowest BCUT2D eigenvalue weighted by atomic mass is 10.1. The molecule has 2 aromatic carbocycles. The minimum Gasteiger partial charge on any atom is -0.508 e. The normalized spacial score (nSPS) is 11.0. The summed E-state index contributed by atoms with van der Waals surface area (Å²) in [5.74, 6) is -0.236. The summed E-state index contributed by atoms with van der Waals surface area (Å²) >= 11 is 0. The van der Waals surface area contributed by atoms with E-state index in [0.717, 1.165) is 0 Å². The van der Waals surface area contributed by atoms with E-state index in [1.165, 1.54) is 30.5 Å². The number of hydrogen-bond donors (Lipinski definition) is 2. The second-order valence-electron chi connectivity index (χ2n) is 5.11. The van der Waals surface area contributed by atoms with Gasteiger partial charge in [-0.3, -0.25) is 4.79 Å². The van der Waals surface area contributed by atoms with Crippen molar-refractivity contribution >= 4 is 12.1 Å². The molecule has 2 aromatic rings. The highest BCUT2D eigenvalue weighted by atomic mass is 19.3. The van der Waals surface area contributed by atoms with Crippen molar-refractivity contribution in [1.82, 2.24) is 5.43 Å². The van der Waals surface area contributed by atoms with Gasteiger partial charge >= 0.3 is 6.61 Å². The number of aromatic hydroxyl groups is 1. The molecule has 24 heavy (non-hydrogen) atoms. The number of phenolic OH excluding ortho intramolecular Hbond substituents is 1. The number of ether oxygens (including phenoxy) is 1. The van der Waals surface area contributed by atoms with E-state index in [0.29, 0.717) is 22.3 Å². The fraction of sp³-hybridized carbons (Fsp3) is 0.176. The van der Waals surface area contributed by atoms with E-state index in [-0.39, 0.29) is 11.5 Å². The van der Waals surface area contributed by atoms with Gasteiger partial charge in [0.05, 0.1) is 6.21 Å². The molecule has 0 aliphatic rings. The molecule has 2 N–H and O–H groups in total. The third-order valence-corrected chi connectivity index (χ3v) is 3.20. The number of carbonyl (C=O) groups excluding carboxylic acids is 1. The Bertz CT molecular complexity index is 736. The summed E-state index contributed by atoms with van der Waals surface area (Å²) in [5.41, 5.74) is 4.42. The molecule has 5 nitrogen and oxygen atoms in total. The molecular formula is C17H16F2N2O3. The predicted octanol–water partition coefficient (Wildman–Crippen LogP) is 3.37. The van der Waals surface area contributed by atoms with Crippen molar-refractivity contribution in [2.75, 3.05) is 0 Å². The van der Waals surface area contributed by atoms with Crippen molar-refractivity contribution in [3.05, 3.63) is 58.7 Å². The van der Waals surface area contributed by atoms with Crippen molar-refractivity contribution in [2.45, 2.75) is 20.5 Å². The van der Waals surface area contributed by atoms with Gasteiger partial charge in [-0.1, -0.05) is 0 Å². The molecule has 0 aliphatic carbocycles. The average molecular weight is 334 g/mol. The molecule has 0 bridgehead atoms. The monoisotopic (exact) mass is 334 g/mol. The first-order valence-corrected chi connectivity index (χ1v) is 7.05. The summed E-state index contributed by atoms with van der Waals surface area (Å²) in [6.07, 6.45) is 1.41. The minimum atomic E-state index is -2.88. The van der Waals surface area contributed by atoms with Crippen molar-refractivity contribution in [3.8, 4) is 11.5 Å². The zero-order valence-corrected chi connectivity index (χ0v) is 13.1. The van der Waals surface area contributed by atoms with E-state index in [9.17, 15) is 18.7 Å². The molecule has 0 radical (unpaired) electrons. The van der Waals surface area contributed by atoms with Crippen molar-refractivity contribution in [2.24, 2.45) is 5.10 Å². The Hall–Kier alpha value is -2.96. The molecular weight excluding hydrogens is 318 g/mol. The largest absolute Gasteiger partial charge is 0.508 e. The van der Waals surface area contributed by atoms with Crippen LogP contribution >= 0.6 is 0 Å². The third-order valence-electron chi connectivity index (χ3n) is 3.20. The van der Waals surface area contributed by atoms with Crippen LogP contribution in [0.15, 0.2) is 41.5 Å². The van der Waals surface area contributed by atoms with Gasteiger partial charge < -0.3 is 9.84 Å². The predicted molar refractivity (Wildman–Crippen MR) is 85.7 cm³/mol. The van der Waals surface area contributed by atoms with Crippen LogP contribution in [-0.4, -0.2) is 23.8 Å². The van der Waals surface area contributed by atoms with E-state index in [1.807, 2.05) is 0 Å². The number of phenols is 1. The number of nitrogens with zero attached hydrogens (tertiary/aromatic N) is 1. The van der Waals surface area contributed by atoms with Gasteiger partial charge in [0.15, 0.2) is 0 Å². The van der Waals surface area contributed by atoms with Gasteiger partial charge in [-0.25, -0.2) is 5.43 Å². The van der Waals surface area contributed by atoms with E-state index in [4.69, 9.17) is 0 Å². The molecule has 0 heterocycles. The van der Waals surface area contributed by atoms with Crippen LogP contribution in [-0.2, 0) is 0 Å². The van der Waals surface area contributed by atoms with Crippen molar-refractivity contribution in [1.29, 1.82) is 0 Å². The fourth-order valence-electron chi connectivity index (χ4n) is 2.18. The summed E-state index contributed by atoms with van der Waals surface area (Å²) in [6, 6.07) is 8.97. The number of nitrogens with one attached hydrogen (secondary N) is 1. The SMILES string of the molecule is Cc1cc(/C=N\NC(=O)c2ccc(O)cc2)cc(C)c1OC(F)F. The Balaban J connectivity index is 2.06. The Morgan fingerprint density at radius 2 is 1.79 bits per heavy atom. The number of aryl methyl sites for hydroxylation is 2. The molecule has 1 amide bonds. The first kappa shape index (κ1) is 17.4. The van der Waals surface area contributed by atoms with E-state index in [1.54, 1.807) is 26.0 Å². The number of hydrazone groups is 1. The first-order valence-electron chi connectivity index (χ1n) is 7.05. The summed E-state index contributed by atoms with van der Waals surface area (Å²) in [6.45, 7) is 0.417. The quantitative estimate of drug-likeness (QED) is 0.650. The molecule has 2 rings (SSSR count). The maximum Gasteiger partial charge on any atom is 0.387 e. The third kappa shape index (κ3) is 4.52. The van der Waals surface area contributed by atoms with E-state index >= 15 is 0 Å². The number of amides is 1. The molecule has 0 atom stereocenters. The highest BCUT2D eigenvalue weighted by Gasteiger charge is 2.11. The average Bonchev–Trinajstić information content (AvgIpc) is 2.51. The maximum absolute atomic E-state index is 12.3. The summed E-state index contributed by atoms with van der Waals surface area (Å²) in [4.78, 5) is 11.8. The minimum absolute atomic E-state index is 0.0621. The molecule has 126 valence electrons. The van der Waals surface area contributed by atoms with Crippen LogP contribution in [0.4, 0.5) is 8.78 Å². The van der Waals surface area contributed by atoms with Crippen LogP contribution in [0.1, 0.15) is 27.0 Å². The first-order chi connectivity index (χ1) is 11.4. The molecule has 0 spiro atoms. The Labute approximate surface area is 137 Å². The van der Waals surface area contributed by atoms with Gasteiger partial charge in [0.25, 0.3) is 5.91 Å². The number of carbonyl (C=O) groups is 1. The number of rotatable bonds is 5. The lowest BCUT2D eigenvalue weighted by molar-refractivity contribution is -0.0507. The van der Waals surface area contributed by atoms with E-state index in [2.05, 4.69) is 15.3 Å². The second-order valence-corrected chi connectivity index (χ2v) is 5.11. The Morgan fingerprint density at radius 3 is 2.33 bits per heavy atom. The maximum atomic E-state index is 12.3. The highest BCUT2D eigenvalue weighted by Crippen LogP contribution is 2.25. The standard InChI is InChI=1S/C17H16F2N2O3/c1-10-7-12(8-11(2)15(10)24-17(18)19)9-20-21-16(23)13-3-5-14(22)6-4-13/h3-9,17,22H,1-2H3,(H,21,23)/b20-9-. The fourth-order valence-corrected chi connectivity index (χ4v) is 2.18. The summed E-state index contributed by atoms with van der Waals surface area (Å²) < 4.78 is 29.2. The highest BCUT2D eigenvalue weighted by molar-refractivity contribution is 5.95. The zero-order chi connectivity index (χ0) is 17.7. The summed E-state index contributed by atoms with van der Waals surface area (Å²) in [7, 11) is 0. The van der Waals surface area contributed by atoms with Gasteiger partial charge in [-0.05, 0) is 66.9 Å². The van der Waals surface area contributed by atoms with Gasteiger partial charge in [0.1, 0.15) is 11.5 Å². The molecule has 0 aromatic heterocycles. The smallest absolute Gasteiger partial charge is 0.387 e. The lowest BCUT2D eigenvalue weighted by Gasteiger charge is -2.11. The Kier molecular flexibility index (Phi) is 5.47. The van der Waals surface area contributed by atoms with Crippen LogP contribution in [0, 0.1) is 13.8 Å². The number of alkyl halides is 2. The van der Waals surface area contributed by atoms with Crippen LogP contribution in [0.5, 0.6) is 11.5 Å². The van der Waals surface area contributed by atoms with Crippen LogP contribution in [0.3, 0.4) is 0 Å². The number of halogens is 2. The van der Waals surface area contributed by atoms with Crippen molar-refractivity contribution < 1.29 is 23.4 Å². The Morgan fingerprint density at radius 1 is 1.21 bits per heavy atom. The van der Waals surface area contributed by atoms with Crippen molar-refractivity contribution in [3.63, 3.8) is 0 Å². The topological polar surface area (TPSA) is 70.9 Å². The van der Waals surface area contributed by atoms with Gasteiger partial charge in [-0.2, -0.15) is 13.9 Å². The molecule has 0 fully saturated rings. The van der Waals surface area contributed by atoms with Crippen LogP contribution in [0.25, 0.3) is 0 Å². The number of benzene rings is 2. The number of hydrogen-bond acceptors (Lipinski definition) is 4. The molecule has 7 heteroatoms. The van der Waals surface area contributed by atoms with Gasteiger partial charge in [0.2, 0.25) is 0 Å². The van der Waals surface area contributed by atoms with Gasteiger partial charge in [-0.15, -0.1) is 0 Å². The molecule has 0 aliphatic heterocycles.